The van der Waals surface area contributed by atoms with Gasteiger partial charge in [-0.15, -0.1) is 24.0 Å². The topological polar surface area (TPSA) is 56.7 Å². The maximum absolute atomic E-state index is 12.7. The zero-order valence-corrected chi connectivity index (χ0v) is 15.5. The summed E-state index contributed by atoms with van der Waals surface area (Å²) in [6.45, 7) is 5.15. The minimum Gasteiger partial charge on any atom is -0.396 e. The van der Waals surface area contributed by atoms with Crippen LogP contribution in [0.3, 0.4) is 0 Å². The first kappa shape index (κ1) is 22.0. The van der Waals surface area contributed by atoms with Crippen LogP contribution in [0.1, 0.15) is 25.0 Å². The molecule has 3 N–H and O–H groups in total. The van der Waals surface area contributed by atoms with Crippen molar-refractivity contribution in [1.29, 1.82) is 0 Å². The van der Waals surface area contributed by atoms with Crippen LogP contribution in [0.15, 0.2) is 29.3 Å². The van der Waals surface area contributed by atoms with Crippen LogP contribution < -0.4 is 10.6 Å². The second kappa shape index (κ2) is 10.7. The summed E-state index contributed by atoms with van der Waals surface area (Å²) in [6, 6.07) is 5.13. The lowest BCUT2D eigenvalue weighted by atomic mass is 10.1. The number of benzene rings is 1. The molecule has 0 bridgehead atoms. The second-order valence-corrected chi connectivity index (χ2v) is 5.06. The number of rotatable bonds is 6. The largest absolute Gasteiger partial charge is 0.416 e. The molecule has 1 unspecified atom stereocenters. The summed E-state index contributed by atoms with van der Waals surface area (Å²) in [7, 11) is 0. The molecule has 0 radical (unpaired) electrons. The maximum Gasteiger partial charge on any atom is 0.416 e. The molecular formula is C15H23F3IN3O. The highest BCUT2D eigenvalue weighted by atomic mass is 127. The fraction of sp³-hybridized carbons (Fsp3) is 0.533. The van der Waals surface area contributed by atoms with Gasteiger partial charge in [-0.05, 0) is 30.5 Å². The molecule has 8 heteroatoms. The molecule has 0 spiro atoms. The van der Waals surface area contributed by atoms with Crippen LogP contribution in [0.4, 0.5) is 13.2 Å². The molecule has 1 aromatic carbocycles. The first-order valence-corrected chi connectivity index (χ1v) is 7.16. The molecule has 0 amide bonds. The van der Waals surface area contributed by atoms with E-state index in [1.54, 1.807) is 6.07 Å². The zero-order valence-electron chi connectivity index (χ0n) is 13.2. The van der Waals surface area contributed by atoms with Gasteiger partial charge in [0.05, 0.1) is 12.1 Å². The Morgan fingerprint density at radius 1 is 1.30 bits per heavy atom. The molecule has 0 aliphatic rings. The van der Waals surface area contributed by atoms with Gasteiger partial charge in [-0.2, -0.15) is 13.2 Å². The third-order valence-corrected chi connectivity index (χ3v) is 2.95. The smallest absolute Gasteiger partial charge is 0.396 e. The van der Waals surface area contributed by atoms with Crippen LogP contribution in [0.25, 0.3) is 0 Å². The van der Waals surface area contributed by atoms with Gasteiger partial charge in [-0.1, -0.05) is 19.1 Å². The fourth-order valence-corrected chi connectivity index (χ4v) is 1.69. The SMILES string of the molecule is CCNC(=NCc1cccc(C(F)(F)F)c1)NCC(C)CO.I. The summed E-state index contributed by atoms with van der Waals surface area (Å²) in [5.41, 5.74) is -0.186. The Kier molecular flexibility index (Phi) is 10.2. The lowest BCUT2D eigenvalue weighted by Crippen LogP contribution is -2.39. The van der Waals surface area contributed by atoms with E-state index in [2.05, 4.69) is 15.6 Å². The van der Waals surface area contributed by atoms with Gasteiger partial charge in [-0.3, -0.25) is 0 Å². The van der Waals surface area contributed by atoms with Crippen molar-refractivity contribution in [3.8, 4) is 0 Å². The normalized spacial score (nSPS) is 13.2. The van der Waals surface area contributed by atoms with Gasteiger partial charge in [-0.25, -0.2) is 4.99 Å². The van der Waals surface area contributed by atoms with Crippen LogP contribution >= 0.6 is 24.0 Å². The Balaban J connectivity index is 0.00000484. The van der Waals surface area contributed by atoms with Crippen LogP contribution in [0.2, 0.25) is 0 Å². The van der Waals surface area contributed by atoms with Crippen molar-refractivity contribution in [3.63, 3.8) is 0 Å². The van der Waals surface area contributed by atoms with Gasteiger partial charge in [0, 0.05) is 19.7 Å². The van der Waals surface area contributed by atoms with E-state index in [0.29, 0.717) is 24.6 Å². The van der Waals surface area contributed by atoms with E-state index in [0.717, 1.165) is 12.1 Å². The molecule has 4 nitrogen and oxygen atoms in total. The number of aliphatic hydroxyl groups excluding tert-OH is 1. The summed E-state index contributed by atoms with van der Waals surface area (Å²) < 4.78 is 38.0. The predicted molar refractivity (Wildman–Crippen MR) is 95.9 cm³/mol. The molecule has 0 aromatic heterocycles. The number of guanidine groups is 1. The first-order valence-electron chi connectivity index (χ1n) is 7.16. The van der Waals surface area contributed by atoms with Gasteiger partial charge in [0.1, 0.15) is 0 Å². The van der Waals surface area contributed by atoms with E-state index in [-0.39, 0.29) is 43.0 Å². The monoisotopic (exact) mass is 445 g/mol. The van der Waals surface area contributed by atoms with E-state index in [1.807, 2.05) is 13.8 Å². The van der Waals surface area contributed by atoms with Crippen LogP contribution in [0, 0.1) is 5.92 Å². The third kappa shape index (κ3) is 8.40. The number of nitrogens with one attached hydrogen (secondary N) is 2. The molecule has 23 heavy (non-hydrogen) atoms. The maximum atomic E-state index is 12.7. The average Bonchev–Trinajstić information content (AvgIpc) is 2.49. The van der Waals surface area contributed by atoms with E-state index < -0.39 is 11.7 Å². The molecular weight excluding hydrogens is 422 g/mol. The predicted octanol–water partition coefficient (Wildman–Crippen LogP) is 3.01. The molecule has 1 atom stereocenters. The number of nitrogens with zero attached hydrogens (tertiary/aromatic N) is 1. The summed E-state index contributed by atoms with van der Waals surface area (Å²) in [4.78, 5) is 4.26. The summed E-state index contributed by atoms with van der Waals surface area (Å²) in [6.07, 6.45) is -4.35. The minimum absolute atomic E-state index is 0. The van der Waals surface area contributed by atoms with E-state index in [1.165, 1.54) is 6.07 Å². The van der Waals surface area contributed by atoms with Gasteiger partial charge in [0.2, 0.25) is 0 Å². The van der Waals surface area contributed by atoms with Crippen molar-refractivity contribution in [1.82, 2.24) is 10.6 Å². The number of aliphatic hydroxyl groups is 1. The van der Waals surface area contributed by atoms with Gasteiger partial charge in [0.15, 0.2) is 5.96 Å². The Bertz CT molecular complexity index is 495. The molecule has 0 aliphatic heterocycles. The van der Waals surface area contributed by atoms with Crippen LogP contribution in [-0.2, 0) is 12.7 Å². The molecule has 0 heterocycles. The summed E-state index contributed by atoms with van der Waals surface area (Å²) in [5.74, 6) is 0.581. The lowest BCUT2D eigenvalue weighted by molar-refractivity contribution is -0.137. The van der Waals surface area contributed by atoms with Crippen molar-refractivity contribution >= 4 is 29.9 Å². The number of halogens is 4. The molecule has 1 aromatic rings. The Morgan fingerprint density at radius 2 is 2.00 bits per heavy atom. The summed E-state index contributed by atoms with van der Waals surface area (Å²) in [5, 5.41) is 15.0. The Labute approximate surface area is 151 Å². The highest BCUT2D eigenvalue weighted by Gasteiger charge is 2.30. The quantitative estimate of drug-likeness (QED) is 0.359. The lowest BCUT2D eigenvalue weighted by Gasteiger charge is -2.14. The standard InChI is InChI=1S/C15H22F3N3O.HI/c1-3-19-14(20-8-11(2)10-22)21-9-12-5-4-6-13(7-12)15(16,17)18;/h4-7,11,22H,3,8-10H2,1-2H3,(H2,19,20,21);1H. The second-order valence-electron chi connectivity index (χ2n) is 5.06. The molecule has 0 aliphatic carbocycles. The first-order chi connectivity index (χ1) is 10.4. The molecule has 1 rings (SSSR count). The molecule has 0 saturated heterocycles. The third-order valence-electron chi connectivity index (χ3n) is 2.95. The van der Waals surface area contributed by atoms with E-state index >= 15 is 0 Å². The van der Waals surface area contributed by atoms with E-state index in [4.69, 9.17) is 5.11 Å². The van der Waals surface area contributed by atoms with Crippen molar-refractivity contribution in [2.24, 2.45) is 10.9 Å². The Hall–Kier alpha value is -1.03. The fourth-order valence-electron chi connectivity index (χ4n) is 1.69. The molecule has 0 fully saturated rings. The number of hydrogen-bond acceptors (Lipinski definition) is 2. The summed E-state index contributed by atoms with van der Waals surface area (Å²) >= 11 is 0. The number of hydrogen-bond donors (Lipinski definition) is 3. The highest BCUT2D eigenvalue weighted by molar-refractivity contribution is 14.0. The van der Waals surface area contributed by atoms with Crippen molar-refractivity contribution in [2.75, 3.05) is 19.7 Å². The Morgan fingerprint density at radius 3 is 2.57 bits per heavy atom. The van der Waals surface area contributed by atoms with Crippen LogP contribution in [-0.4, -0.2) is 30.8 Å². The average molecular weight is 445 g/mol. The van der Waals surface area contributed by atoms with Gasteiger partial charge < -0.3 is 15.7 Å². The molecule has 132 valence electrons. The molecule has 0 saturated carbocycles. The van der Waals surface area contributed by atoms with Crippen molar-refractivity contribution in [2.45, 2.75) is 26.6 Å². The number of alkyl halides is 3. The number of aliphatic imine (C=N–C) groups is 1. The van der Waals surface area contributed by atoms with Crippen molar-refractivity contribution in [3.05, 3.63) is 35.4 Å². The van der Waals surface area contributed by atoms with Crippen LogP contribution in [0.5, 0.6) is 0 Å². The van der Waals surface area contributed by atoms with Gasteiger partial charge in [0.25, 0.3) is 0 Å². The van der Waals surface area contributed by atoms with Crippen molar-refractivity contribution < 1.29 is 18.3 Å². The zero-order chi connectivity index (χ0) is 16.6. The van der Waals surface area contributed by atoms with E-state index in [9.17, 15) is 13.2 Å². The highest BCUT2D eigenvalue weighted by Crippen LogP contribution is 2.29. The minimum atomic E-state index is -4.35. The van der Waals surface area contributed by atoms with Gasteiger partial charge >= 0.3 is 6.18 Å².